The Morgan fingerprint density at radius 2 is 1.45 bits per heavy atom. The summed E-state index contributed by atoms with van der Waals surface area (Å²) in [5.74, 6) is -3.64. The van der Waals surface area contributed by atoms with Crippen molar-refractivity contribution in [3.63, 3.8) is 0 Å². The third kappa shape index (κ3) is 8.41. The van der Waals surface area contributed by atoms with Crippen LogP contribution in [0.2, 0.25) is 0 Å². The van der Waals surface area contributed by atoms with Gasteiger partial charge in [0.25, 0.3) is 0 Å². The lowest BCUT2D eigenvalue weighted by molar-refractivity contribution is -0.220. The first kappa shape index (κ1) is 36.7. The van der Waals surface area contributed by atoms with Crippen molar-refractivity contribution in [3.05, 3.63) is 119 Å². The summed E-state index contributed by atoms with van der Waals surface area (Å²) in [6.45, 7) is 6.82. The fourth-order valence-electron chi connectivity index (χ4n) is 5.68. The van der Waals surface area contributed by atoms with Crippen LogP contribution in [0.1, 0.15) is 57.0 Å². The molecule has 0 radical (unpaired) electrons. The number of esters is 1. The van der Waals surface area contributed by atoms with Gasteiger partial charge in [-0.2, -0.15) is 0 Å². The lowest BCUT2D eigenvalue weighted by atomic mass is 9.77. The number of aromatic nitrogens is 1. The molecule has 3 N–H and O–H groups in total. The highest BCUT2D eigenvalue weighted by atomic mass is 32.1. The maximum Gasteiger partial charge on any atom is 0.344 e. The zero-order chi connectivity index (χ0) is 36.8. The number of carboxylic acids is 1. The number of β-lactam (4-membered cyclic amide) rings is 1. The molecule has 0 bridgehead atoms. The van der Waals surface area contributed by atoms with Gasteiger partial charge in [-0.3, -0.25) is 14.4 Å². The SMILES string of the molecule is CC(C)(C)OC(=O)CON(C(=O)C(=NOCC(=O)O)c1csc(NC(c2ccccc2)(c2ccccc2)c2ccccc2)n1)C1C(=O)NC1(C)C. The number of nitrogens with one attached hydrogen (secondary N) is 2. The van der Waals surface area contributed by atoms with Gasteiger partial charge in [-0.15, -0.1) is 11.3 Å². The van der Waals surface area contributed by atoms with Crippen LogP contribution in [0.5, 0.6) is 0 Å². The summed E-state index contributed by atoms with van der Waals surface area (Å²) in [5, 5.41) is 22.1. The number of ether oxygens (including phenoxy) is 1. The Labute approximate surface area is 299 Å². The number of anilines is 1. The van der Waals surface area contributed by atoms with E-state index < -0.39 is 65.4 Å². The van der Waals surface area contributed by atoms with E-state index in [1.54, 1.807) is 40.0 Å². The van der Waals surface area contributed by atoms with Crippen molar-refractivity contribution in [1.82, 2.24) is 15.4 Å². The molecule has 1 aromatic heterocycles. The number of aliphatic carboxylic acids is 1. The van der Waals surface area contributed by atoms with Crippen molar-refractivity contribution in [3.8, 4) is 0 Å². The predicted molar refractivity (Wildman–Crippen MR) is 190 cm³/mol. The number of hydrogen-bond acceptors (Lipinski definition) is 11. The molecule has 266 valence electrons. The van der Waals surface area contributed by atoms with Crippen LogP contribution in [-0.4, -0.2) is 75.0 Å². The smallest absolute Gasteiger partial charge is 0.344 e. The van der Waals surface area contributed by atoms with Gasteiger partial charge in [0.1, 0.15) is 16.8 Å². The molecule has 4 aromatic rings. The van der Waals surface area contributed by atoms with Gasteiger partial charge in [0, 0.05) is 5.38 Å². The number of thiazole rings is 1. The Morgan fingerprint density at radius 3 is 1.90 bits per heavy atom. The number of hydrogen-bond donors (Lipinski definition) is 3. The molecule has 3 aromatic carbocycles. The Morgan fingerprint density at radius 1 is 0.922 bits per heavy atom. The molecule has 0 spiro atoms. The van der Waals surface area contributed by atoms with E-state index in [2.05, 4.69) is 15.8 Å². The van der Waals surface area contributed by atoms with Crippen LogP contribution >= 0.6 is 11.3 Å². The third-order valence-electron chi connectivity index (χ3n) is 7.76. The number of oxime groups is 1. The summed E-state index contributed by atoms with van der Waals surface area (Å²) >= 11 is 1.17. The van der Waals surface area contributed by atoms with Crippen molar-refractivity contribution in [2.45, 2.75) is 57.3 Å². The highest BCUT2D eigenvalue weighted by Crippen LogP contribution is 2.40. The van der Waals surface area contributed by atoms with Crippen LogP contribution < -0.4 is 10.6 Å². The normalized spacial score (nSPS) is 15.6. The van der Waals surface area contributed by atoms with E-state index >= 15 is 0 Å². The zero-order valence-electron chi connectivity index (χ0n) is 28.8. The summed E-state index contributed by atoms with van der Waals surface area (Å²) < 4.78 is 5.33. The molecule has 0 aliphatic carbocycles. The topological polar surface area (TPSA) is 169 Å². The molecular formula is C37H39N5O8S. The van der Waals surface area contributed by atoms with Gasteiger partial charge in [-0.05, 0) is 51.3 Å². The molecule has 1 aliphatic rings. The van der Waals surface area contributed by atoms with E-state index in [1.807, 2.05) is 91.0 Å². The molecule has 1 saturated heterocycles. The maximum atomic E-state index is 14.3. The van der Waals surface area contributed by atoms with Gasteiger partial charge >= 0.3 is 17.8 Å². The van der Waals surface area contributed by atoms with E-state index in [9.17, 15) is 24.3 Å². The Kier molecular flexibility index (Phi) is 10.9. The van der Waals surface area contributed by atoms with Gasteiger partial charge in [0.2, 0.25) is 12.5 Å². The number of hydroxylamine groups is 2. The second-order valence-electron chi connectivity index (χ2n) is 13.2. The minimum Gasteiger partial charge on any atom is -0.479 e. The standard InChI is InChI=1S/C37H39N5O8S/c1-35(2,3)50-29(45)22-49-42(31-32(46)39-36(31,4)5)33(47)30(41-48-21-28(43)44)27-23-51-34(38-27)40-37(24-15-9-6-10-16-24,25-17-11-7-12-18-25)26-19-13-8-14-20-26/h6-20,23,31H,21-22H2,1-5H3,(H,38,40)(H,39,46)(H,43,44). The van der Waals surface area contributed by atoms with Crippen LogP contribution in [0.4, 0.5) is 5.13 Å². The first-order chi connectivity index (χ1) is 24.2. The average Bonchev–Trinajstić information content (AvgIpc) is 3.55. The minimum atomic E-state index is -1.33. The first-order valence-electron chi connectivity index (χ1n) is 16.0. The Balaban J connectivity index is 1.56. The fourth-order valence-corrected chi connectivity index (χ4v) is 6.43. The molecule has 1 fully saturated rings. The lowest BCUT2D eigenvalue weighted by Gasteiger charge is -2.48. The van der Waals surface area contributed by atoms with E-state index in [1.165, 1.54) is 11.3 Å². The molecular weight excluding hydrogens is 675 g/mol. The van der Waals surface area contributed by atoms with Crippen molar-refractivity contribution in [1.29, 1.82) is 0 Å². The van der Waals surface area contributed by atoms with Crippen molar-refractivity contribution >= 4 is 45.9 Å². The van der Waals surface area contributed by atoms with Gasteiger partial charge in [-0.25, -0.2) is 19.6 Å². The van der Waals surface area contributed by atoms with E-state index in [0.29, 0.717) is 5.13 Å². The summed E-state index contributed by atoms with van der Waals surface area (Å²) in [6.07, 6.45) is 0. The third-order valence-corrected chi connectivity index (χ3v) is 8.52. The van der Waals surface area contributed by atoms with Gasteiger partial charge in [0.15, 0.2) is 23.5 Å². The van der Waals surface area contributed by atoms with Crippen LogP contribution in [0, 0.1) is 0 Å². The molecule has 5 rings (SSSR count). The molecule has 14 heteroatoms. The molecule has 1 aliphatic heterocycles. The van der Waals surface area contributed by atoms with Crippen molar-refractivity contribution < 1.29 is 38.7 Å². The monoisotopic (exact) mass is 713 g/mol. The van der Waals surface area contributed by atoms with Gasteiger partial charge in [-0.1, -0.05) is 96.2 Å². The largest absolute Gasteiger partial charge is 0.479 e. The Hall–Kier alpha value is -5.60. The number of carboxylic acid groups (broad SMARTS) is 1. The molecule has 51 heavy (non-hydrogen) atoms. The first-order valence-corrected chi connectivity index (χ1v) is 16.9. The highest BCUT2D eigenvalue weighted by molar-refractivity contribution is 7.14. The van der Waals surface area contributed by atoms with Crippen LogP contribution in [0.25, 0.3) is 0 Å². The number of rotatable bonds is 14. The van der Waals surface area contributed by atoms with E-state index in [-0.39, 0.29) is 5.69 Å². The molecule has 2 heterocycles. The molecule has 2 amide bonds. The molecule has 0 saturated carbocycles. The number of benzene rings is 3. The summed E-state index contributed by atoms with van der Waals surface area (Å²) in [5.41, 5.74) is -0.455. The average molecular weight is 714 g/mol. The Bertz CT molecular complexity index is 1800. The quantitative estimate of drug-likeness (QED) is 0.0546. The fraction of sp³-hybridized carbons (Fsp3) is 0.297. The van der Waals surface area contributed by atoms with Crippen LogP contribution in [0.15, 0.2) is 102 Å². The van der Waals surface area contributed by atoms with Gasteiger partial charge < -0.3 is 25.3 Å². The molecule has 1 atom stereocenters. The second kappa shape index (κ2) is 15.1. The number of carbonyl (C=O) groups is 4. The highest BCUT2D eigenvalue weighted by Gasteiger charge is 2.53. The van der Waals surface area contributed by atoms with Crippen molar-refractivity contribution in [2.24, 2.45) is 5.16 Å². The van der Waals surface area contributed by atoms with Crippen molar-refractivity contribution in [2.75, 3.05) is 18.5 Å². The van der Waals surface area contributed by atoms with Crippen LogP contribution in [0.3, 0.4) is 0 Å². The summed E-state index contributed by atoms with van der Waals surface area (Å²) in [7, 11) is 0. The second-order valence-corrected chi connectivity index (χ2v) is 14.1. The molecule has 13 nitrogen and oxygen atoms in total. The summed E-state index contributed by atoms with van der Waals surface area (Å²) in [4.78, 5) is 66.5. The number of amides is 2. The van der Waals surface area contributed by atoms with Gasteiger partial charge in [0.05, 0.1) is 5.54 Å². The predicted octanol–water partition coefficient (Wildman–Crippen LogP) is 4.73. The van der Waals surface area contributed by atoms with Crippen LogP contribution in [-0.2, 0) is 39.1 Å². The van der Waals surface area contributed by atoms with E-state index in [0.717, 1.165) is 21.8 Å². The molecule has 1 unspecified atom stereocenters. The number of nitrogens with zero attached hydrogens (tertiary/aromatic N) is 3. The summed E-state index contributed by atoms with van der Waals surface area (Å²) in [6, 6.07) is 28.3. The minimum absolute atomic E-state index is 0.00406. The zero-order valence-corrected chi connectivity index (χ0v) is 29.6. The lowest BCUT2D eigenvalue weighted by Crippen LogP contribution is -2.76. The van der Waals surface area contributed by atoms with E-state index in [4.69, 9.17) is 19.4 Å². The number of carbonyl (C=O) groups excluding carboxylic acids is 3. The maximum absolute atomic E-state index is 14.3.